The zero-order valence-electron chi connectivity index (χ0n) is 8.60. The Morgan fingerprint density at radius 2 is 2.00 bits per heavy atom. The van der Waals surface area contributed by atoms with Crippen LogP contribution >= 0.6 is 11.3 Å². The number of rotatable bonds is 0. The monoisotopic (exact) mass is 229 g/mol. The fourth-order valence-corrected chi connectivity index (χ4v) is 2.75. The normalized spacial score (nSPS) is 13.6. The summed E-state index contributed by atoms with van der Waals surface area (Å²) < 4.78 is 0. The molecule has 3 nitrogen and oxygen atoms in total. The maximum absolute atomic E-state index is 5.98. The second kappa shape index (κ2) is 3.35. The summed E-state index contributed by atoms with van der Waals surface area (Å²) in [5.74, 6) is 0.592. The summed E-state index contributed by atoms with van der Waals surface area (Å²) in [5.41, 5.74) is 15.8. The Kier molecular flexibility index (Phi) is 1.97. The zero-order chi connectivity index (χ0) is 11.1. The van der Waals surface area contributed by atoms with Crippen molar-refractivity contribution in [1.82, 2.24) is 0 Å². The second-order valence-corrected chi connectivity index (χ2v) is 4.75. The summed E-state index contributed by atoms with van der Waals surface area (Å²) in [4.78, 5) is 5.52. The number of benzene rings is 1. The number of hydrogen-bond donors (Lipinski definition) is 2. The van der Waals surface area contributed by atoms with Gasteiger partial charge in [-0.05, 0) is 34.7 Å². The molecular formula is C12H11N3S. The number of nitrogens with two attached hydrogens (primary N) is 2. The lowest BCUT2D eigenvalue weighted by Gasteiger charge is -2.03. The van der Waals surface area contributed by atoms with Crippen molar-refractivity contribution in [2.75, 3.05) is 5.73 Å². The van der Waals surface area contributed by atoms with E-state index in [0.29, 0.717) is 5.84 Å². The van der Waals surface area contributed by atoms with Crippen molar-refractivity contribution < 1.29 is 0 Å². The first-order valence-electron chi connectivity index (χ1n) is 5.03. The van der Waals surface area contributed by atoms with Crippen LogP contribution in [0.15, 0.2) is 34.6 Å². The van der Waals surface area contributed by atoms with Gasteiger partial charge in [0.15, 0.2) is 0 Å². The van der Waals surface area contributed by atoms with Crippen LogP contribution in [-0.2, 0) is 6.42 Å². The predicted octanol–water partition coefficient (Wildman–Crippen LogP) is 2.27. The lowest BCUT2D eigenvalue weighted by atomic mass is 10.0. The highest BCUT2D eigenvalue weighted by Gasteiger charge is 2.15. The van der Waals surface area contributed by atoms with Crippen molar-refractivity contribution in [2.24, 2.45) is 10.7 Å². The molecule has 0 atom stereocenters. The summed E-state index contributed by atoms with van der Waals surface area (Å²) in [6, 6.07) is 7.91. The summed E-state index contributed by atoms with van der Waals surface area (Å²) in [7, 11) is 0. The van der Waals surface area contributed by atoms with Gasteiger partial charge in [0.1, 0.15) is 5.84 Å². The lowest BCUT2D eigenvalue weighted by molar-refractivity contribution is 1.21. The maximum atomic E-state index is 5.98. The number of aliphatic imine (C=N–C) groups is 1. The molecule has 1 aliphatic heterocycles. The highest BCUT2D eigenvalue weighted by molar-refractivity contribution is 7.12. The van der Waals surface area contributed by atoms with Gasteiger partial charge >= 0.3 is 0 Å². The number of amidine groups is 1. The highest BCUT2D eigenvalue weighted by Crippen LogP contribution is 2.31. The molecule has 4 heteroatoms. The molecule has 16 heavy (non-hydrogen) atoms. The fourth-order valence-electron chi connectivity index (χ4n) is 1.92. The Hall–Kier alpha value is -1.81. The van der Waals surface area contributed by atoms with Crippen molar-refractivity contribution in [3.05, 3.63) is 45.6 Å². The van der Waals surface area contributed by atoms with Crippen molar-refractivity contribution in [3.8, 4) is 0 Å². The SMILES string of the molecule is NC1=Nc2cc(N)ccc2Cc2ccsc21. The predicted molar refractivity (Wildman–Crippen MR) is 68.4 cm³/mol. The Balaban J connectivity index is 2.23. The minimum absolute atomic E-state index is 0.592. The van der Waals surface area contributed by atoms with Gasteiger partial charge in [-0.2, -0.15) is 0 Å². The van der Waals surface area contributed by atoms with Crippen LogP contribution in [0.1, 0.15) is 16.0 Å². The van der Waals surface area contributed by atoms with E-state index in [9.17, 15) is 0 Å². The van der Waals surface area contributed by atoms with E-state index in [1.54, 1.807) is 11.3 Å². The smallest absolute Gasteiger partial charge is 0.141 e. The van der Waals surface area contributed by atoms with E-state index in [4.69, 9.17) is 11.5 Å². The van der Waals surface area contributed by atoms with Crippen LogP contribution < -0.4 is 11.5 Å². The van der Waals surface area contributed by atoms with Crippen molar-refractivity contribution in [3.63, 3.8) is 0 Å². The van der Waals surface area contributed by atoms with Crippen LogP contribution in [-0.4, -0.2) is 5.84 Å². The first kappa shape index (κ1) is 9.42. The van der Waals surface area contributed by atoms with Gasteiger partial charge in [0.05, 0.1) is 10.6 Å². The first-order chi connectivity index (χ1) is 7.74. The third kappa shape index (κ3) is 1.39. The van der Waals surface area contributed by atoms with Gasteiger partial charge < -0.3 is 11.5 Å². The molecule has 1 aromatic heterocycles. The standard InChI is InChI=1S/C12H11N3S/c13-9-2-1-7-5-8-3-4-16-11(8)12(14)15-10(7)6-9/h1-4,6H,5,13H2,(H2,14,15). The van der Waals surface area contributed by atoms with E-state index in [0.717, 1.165) is 22.7 Å². The van der Waals surface area contributed by atoms with E-state index in [1.807, 2.05) is 18.2 Å². The van der Waals surface area contributed by atoms with Gasteiger partial charge in [0, 0.05) is 12.1 Å². The molecule has 0 unspecified atom stereocenters. The van der Waals surface area contributed by atoms with Crippen LogP contribution in [0.5, 0.6) is 0 Å². The average molecular weight is 229 g/mol. The van der Waals surface area contributed by atoms with E-state index in [1.165, 1.54) is 11.1 Å². The van der Waals surface area contributed by atoms with Crippen LogP contribution in [0.4, 0.5) is 11.4 Å². The molecule has 80 valence electrons. The van der Waals surface area contributed by atoms with Gasteiger partial charge in [0.2, 0.25) is 0 Å². The zero-order valence-corrected chi connectivity index (χ0v) is 9.42. The van der Waals surface area contributed by atoms with E-state index in [-0.39, 0.29) is 0 Å². The van der Waals surface area contributed by atoms with E-state index < -0.39 is 0 Å². The summed E-state index contributed by atoms with van der Waals surface area (Å²) in [6.07, 6.45) is 0.874. The van der Waals surface area contributed by atoms with Gasteiger partial charge in [-0.3, -0.25) is 0 Å². The highest BCUT2D eigenvalue weighted by atomic mass is 32.1. The molecule has 2 heterocycles. The summed E-state index contributed by atoms with van der Waals surface area (Å²) >= 11 is 1.63. The molecule has 2 aromatic rings. The topological polar surface area (TPSA) is 64.4 Å². The summed E-state index contributed by atoms with van der Waals surface area (Å²) in [5, 5.41) is 2.05. The number of thiophene rings is 1. The van der Waals surface area contributed by atoms with Gasteiger partial charge in [-0.25, -0.2) is 4.99 Å². The van der Waals surface area contributed by atoms with Crippen molar-refractivity contribution >= 4 is 28.5 Å². The first-order valence-corrected chi connectivity index (χ1v) is 5.91. The molecule has 0 amide bonds. The van der Waals surface area contributed by atoms with E-state index >= 15 is 0 Å². The quantitative estimate of drug-likeness (QED) is 0.681. The van der Waals surface area contributed by atoms with Gasteiger partial charge in [-0.15, -0.1) is 11.3 Å². The van der Waals surface area contributed by atoms with Crippen LogP contribution in [0.2, 0.25) is 0 Å². The molecule has 0 fully saturated rings. The van der Waals surface area contributed by atoms with Crippen LogP contribution in [0, 0.1) is 0 Å². The third-order valence-electron chi connectivity index (χ3n) is 2.71. The van der Waals surface area contributed by atoms with Gasteiger partial charge in [-0.1, -0.05) is 6.07 Å². The molecule has 0 spiro atoms. The van der Waals surface area contributed by atoms with Gasteiger partial charge in [0.25, 0.3) is 0 Å². The molecule has 3 rings (SSSR count). The molecule has 0 aliphatic carbocycles. The molecule has 1 aromatic carbocycles. The Morgan fingerprint density at radius 3 is 2.88 bits per heavy atom. The van der Waals surface area contributed by atoms with Crippen LogP contribution in [0.3, 0.4) is 0 Å². The van der Waals surface area contributed by atoms with Crippen molar-refractivity contribution in [1.29, 1.82) is 0 Å². The largest absolute Gasteiger partial charge is 0.399 e. The Morgan fingerprint density at radius 1 is 1.12 bits per heavy atom. The minimum Gasteiger partial charge on any atom is -0.399 e. The molecule has 0 saturated heterocycles. The second-order valence-electron chi connectivity index (χ2n) is 3.84. The van der Waals surface area contributed by atoms with Crippen LogP contribution in [0.25, 0.3) is 0 Å². The molecule has 0 saturated carbocycles. The maximum Gasteiger partial charge on any atom is 0.141 e. The number of anilines is 1. The van der Waals surface area contributed by atoms with Crippen molar-refractivity contribution in [2.45, 2.75) is 6.42 Å². The third-order valence-corrected chi connectivity index (χ3v) is 3.69. The molecule has 0 bridgehead atoms. The number of nitrogen functional groups attached to an aromatic ring is 1. The van der Waals surface area contributed by atoms with E-state index in [2.05, 4.69) is 16.4 Å². The molecule has 1 aliphatic rings. The Labute approximate surface area is 97.4 Å². The molecule has 4 N–H and O–H groups in total. The lowest BCUT2D eigenvalue weighted by Crippen LogP contribution is -2.11. The Bertz CT molecular complexity index is 584. The fraction of sp³-hybridized carbons (Fsp3) is 0.0833. The molecular weight excluding hydrogens is 218 g/mol. The number of hydrogen-bond acceptors (Lipinski definition) is 4. The average Bonchev–Trinajstić information content (AvgIpc) is 2.65. The minimum atomic E-state index is 0.592. The summed E-state index contributed by atoms with van der Waals surface area (Å²) in [6.45, 7) is 0. The molecule has 0 radical (unpaired) electrons. The number of fused-ring (bicyclic) bond motifs is 2. The number of nitrogens with zero attached hydrogens (tertiary/aromatic N) is 1.